The first-order valence-electron chi connectivity index (χ1n) is 18.5. The summed E-state index contributed by atoms with van der Waals surface area (Å²) in [6.45, 7) is 25.2. The minimum atomic E-state index is -1.49. The molecule has 0 fully saturated rings. The summed E-state index contributed by atoms with van der Waals surface area (Å²) in [4.78, 5) is 18.2. The van der Waals surface area contributed by atoms with Gasteiger partial charge in [-0.05, 0) is 93.8 Å². The molecule has 0 radical (unpaired) electrons. The number of hydrogen-bond acceptors (Lipinski definition) is 2. The van der Waals surface area contributed by atoms with Crippen molar-refractivity contribution in [2.45, 2.75) is 97.7 Å². The number of nitrogens with one attached hydrogen (secondary N) is 2. The second kappa shape index (κ2) is 12.6. The molecule has 8 bridgehead atoms. The zero-order valence-corrected chi connectivity index (χ0v) is 33.8. The molecule has 5 heteroatoms. The van der Waals surface area contributed by atoms with Crippen molar-refractivity contribution in [1.82, 2.24) is 19.9 Å². The smallest absolute Gasteiger partial charge is 0.129 e. The van der Waals surface area contributed by atoms with Crippen LogP contribution >= 0.6 is 0 Å². The second-order valence-corrected chi connectivity index (χ2v) is 23.1. The molecule has 7 rings (SSSR count). The molecule has 2 N–H and O–H groups in total. The first-order chi connectivity index (χ1) is 24.3. The molecule has 2 aliphatic rings. The molecular formula is C47H52N4Si. The van der Waals surface area contributed by atoms with Crippen LogP contribution in [0.2, 0.25) is 19.6 Å². The fourth-order valence-electron chi connectivity index (χ4n) is 6.95. The van der Waals surface area contributed by atoms with Gasteiger partial charge in [0.15, 0.2) is 0 Å². The van der Waals surface area contributed by atoms with E-state index in [0.717, 1.165) is 79.1 Å². The topological polar surface area (TPSA) is 57.4 Å². The van der Waals surface area contributed by atoms with Gasteiger partial charge in [-0.2, -0.15) is 0 Å². The Morgan fingerprint density at radius 3 is 1.71 bits per heavy atom. The summed E-state index contributed by atoms with van der Waals surface area (Å²) in [5, 5.41) is 0. The van der Waals surface area contributed by atoms with E-state index in [-0.39, 0.29) is 16.2 Å². The Hall–Kier alpha value is -4.92. The van der Waals surface area contributed by atoms with Crippen LogP contribution < -0.4 is 0 Å². The highest BCUT2D eigenvalue weighted by molar-refractivity contribution is 6.83. The highest BCUT2D eigenvalue weighted by Crippen LogP contribution is 2.39. The zero-order chi connectivity index (χ0) is 37.2. The number of rotatable bonds is 2. The van der Waals surface area contributed by atoms with Gasteiger partial charge < -0.3 is 9.97 Å². The van der Waals surface area contributed by atoms with Crippen molar-refractivity contribution in [2.24, 2.45) is 0 Å². The summed E-state index contributed by atoms with van der Waals surface area (Å²) in [5.41, 5.74) is 19.6. The largest absolute Gasteiger partial charge is 0.355 e. The van der Waals surface area contributed by atoms with Gasteiger partial charge in [-0.1, -0.05) is 111 Å². The number of hydrogen-bond donors (Lipinski definition) is 2. The molecule has 2 aliphatic heterocycles. The average molecular weight is 701 g/mol. The third kappa shape index (κ3) is 7.36. The number of nitrogens with zero attached hydrogens (tertiary/aromatic N) is 2. The van der Waals surface area contributed by atoms with Gasteiger partial charge in [0.25, 0.3) is 0 Å². The van der Waals surface area contributed by atoms with Crippen LogP contribution in [0.25, 0.3) is 56.5 Å². The lowest BCUT2D eigenvalue weighted by Crippen LogP contribution is -2.16. The van der Waals surface area contributed by atoms with Gasteiger partial charge in [0.2, 0.25) is 0 Å². The fourth-order valence-corrected chi connectivity index (χ4v) is 7.47. The fraction of sp³-hybridized carbons (Fsp3) is 0.319. The summed E-state index contributed by atoms with van der Waals surface area (Å²) in [6, 6.07) is 28.9. The third-order valence-electron chi connectivity index (χ3n) is 10.0. The molecule has 3 aromatic heterocycles. The van der Waals surface area contributed by atoms with E-state index in [0.29, 0.717) is 0 Å². The van der Waals surface area contributed by atoms with Gasteiger partial charge in [0.05, 0.1) is 11.4 Å². The van der Waals surface area contributed by atoms with Crippen molar-refractivity contribution < 1.29 is 0 Å². The number of benzene rings is 2. The predicted molar refractivity (Wildman–Crippen MR) is 225 cm³/mol. The highest BCUT2D eigenvalue weighted by atomic mass is 28.3. The molecular weight excluding hydrogens is 649 g/mol. The maximum Gasteiger partial charge on any atom is 0.129 e. The van der Waals surface area contributed by atoms with Gasteiger partial charge in [0.1, 0.15) is 8.07 Å². The van der Waals surface area contributed by atoms with Crippen LogP contribution in [0.1, 0.15) is 94.9 Å². The van der Waals surface area contributed by atoms with E-state index < -0.39 is 8.07 Å². The monoisotopic (exact) mass is 700 g/mol. The lowest BCUT2D eigenvalue weighted by atomic mass is 9.79. The predicted octanol–water partition coefficient (Wildman–Crippen LogP) is 12.2. The van der Waals surface area contributed by atoms with Crippen molar-refractivity contribution in [3.8, 4) is 33.7 Å². The summed E-state index contributed by atoms with van der Waals surface area (Å²) in [6.07, 6.45) is 5.23. The van der Waals surface area contributed by atoms with E-state index in [4.69, 9.17) is 9.97 Å². The molecule has 0 atom stereocenters. The first-order valence-corrected chi connectivity index (χ1v) is 22.0. The second-order valence-electron chi connectivity index (χ2n) is 18.3. The Morgan fingerprint density at radius 2 is 1.17 bits per heavy atom. The van der Waals surface area contributed by atoms with Crippen LogP contribution in [-0.2, 0) is 22.7 Å². The van der Waals surface area contributed by atoms with Crippen molar-refractivity contribution in [2.75, 3.05) is 0 Å². The molecule has 0 unspecified atom stereocenters. The van der Waals surface area contributed by atoms with E-state index in [2.05, 4.69) is 187 Å². The van der Waals surface area contributed by atoms with Crippen molar-refractivity contribution in [3.63, 3.8) is 0 Å². The van der Waals surface area contributed by atoms with E-state index in [1.807, 2.05) is 0 Å². The van der Waals surface area contributed by atoms with Crippen LogP contribution in [0, 0.1) is 11.5 Å². The molecule has 0 saturated heterocycles. The van der Waals surface area contributed by atoms with Gasteiger partial charge in [-0.15, -0.1) is 5.54 Å². The number of aromatic nitrogens is 4. The molecule has 52 heavy (non-hydrogen) atoms. The minimum Gasteiger partial charge on any atom is -0.355 e. The minimum absolute atomic E-state index is 0.0243. The summed E-state index contributed by atoms with van der Waals surface area (Å²) in [7, 11) is -1.49. The van der Waals surface area contributed by atoms with E-state index in [9.17, 15) is 0 Å². The summed E-state index contributed by atoms with van der Waals surface area (Å²) < 4.78 is 0. The maximum atomic E-state index is 5.48. The Kier molecular flexibility index (Phi) is 8.62. The summed E-state index contributed by atoms with van der Waals surface area (Å²) >= 11 is 0. The van der Waals surface area contributed by atoms with E-state index in [1.54, 1.807) is 0 Å². The SMILES string of the molecule is CC(C)(C)c1cc(-c2c3nc(c(-c4ccc(C#C[Si](C)(C)C)cc4)c4ccc(cc5nc(cc6ccc2[nH]6)C(C)(C)C5)[nH]4)C=C3)cc(C(C)(C)C)c1. The van der Waals surface area contributed by atoms with Gasteiger partial charge >= 0.3 is 0 Å². The quantitative estimate of drug-likeness (QED) is 0.140. The lowest BCUT2D eigenvalue weighted by molar-refractivity contribution is 0.543. The normalized spacial score (nSPS) is 14.3. The zero-order valence-electron chi connectivity index (χ0n) is 32.8. The molecule has 5 heterocycles. The highest BCUT2D eigenvalue weighted by Gasteiger charge is 2.28. The Bertz CT molecular complexity index is 2420. The molecule has 264 valence electrons. The van der Waals surface area contributed by atoms with Crippen molar-refractivity contribution >= 4 is 42.3 Å². The van der Waals surface area contributed by atoms with Crippen molar-refractivity contribution in [1.29, 1.82) is 0 Å². The Labute approximate surface area is 310 Å². The first kappa shape index (κ1) is 35.5. The molecule has 2 aromatic carbocycles. The van der Waals surface area contributed by atoms with Gasteiger partial charge in [-0.25, -0.2) is 4.98 Å². The molecule has 5 aromatic rings. The number of aromatic amines is 2. The molecule has 0 spiro atoms. The van der Waals surface area contributed by atoms with Crippen LogP contribution in [0.15, 0.2) is 78.9 Å². The number of fused-ring (bicyclic) bond motifs is 8. The van der Waals surface area contributed by atoms with Gasteiger partial charge in [-0.3, -0.25) is 4.98 Å². The van der Waals surface area contributed by atoms with Crippen LogP contribution in [0.4, 0.5) is 0 Å². The molecule has 0 aliphatic carbocycles. The third-order valence-corrected chi connectivity index (χ3v) is 10.9. The molecule has 4 nitrogen and oxygen atoms in total. The lowest BCUT2D eigenvalue weighted by Gasteiger charge is -2.26. The summed E-state index contributed by atoms with van der Waals surface area (Å²) in [5.74, 6) is 3.42. The standard InChI is InChI=1S/C47H52N4Si/c1-45(2,3)33-24-32(25-34(26-33)46(4,5)6)44-39-19-17-36(49-39)28-42-47(7,8)29-37(50-42)27-35-16-18-38(48-35)43(40-20-21-41(44)51-40)31-14-12-30(13-15-31)22-23-52(9,10)11/h12-21,24-28,48-49H,29H2,1-11H3. The van der Waals surface area contributed by atoms with E-state index >= 15 is 0 Å². The Morgan fingerprint density at radius 1 is 0.635 bits per heavy atom. The van der Waals surface area contributed by atoms with Crippen molar-refractivity contribution in [3.05, 3.63) is 118 Å². The van der Waals surface area contributed by atoms with Crippen LogP contribution in [0.5, 0.6) is 0 Å². The van der Waals surface area contributed by atoms with Gasteiger partial charge in [0, 0.05) is 62.0 Å². The molecule has 0 amide bonds. The Balaban J connectivity index is 1.58. The maximum absolute atomic E-state index is 5.48. The number of H-pyrrole nitrogens is 2. The van der Waals surface area contributed by atoms with Crippen LogP contribution in [0.3, 0.4) is 0 Å². The average Bonchev–Trinajstić information content (AvgIpc) is 3.85. The van der Waals surface area contributed by atoms with E-state index in [1.165, 1.54) is 11.1 Å². The van der Waals surface area contributed by atoms with Crippen LogP contribution in [-0.4, -0.2) is 28.0 Å². The molecule has 0 saturated carbocycles.